The number of hydrogen-bond donors (Lipinski definition) is 1. The molecule has 3 rings (SSSR count). The predicted molar refractivity (Wildman–Crippen MR) is 85.3 cm³/mol. The van der Waals surface area contributed by atoms with Crippen LogP contribution >= 0.6 is 0 Å². The van der Waals surface area contributed by atoms with Crippen LogP contribution in [0.3, 0.4) is 0 Å². The summed E-state index contributed by atoms with van der Waals surface area (Å²) in [6.45, 7) is 0.440. The van der Waals surface area contributed by atoms with Gasteiger partial charge in [0.05, 0.1) is 5.52 Å². The van der Waals surface area contributed by atoms with Gasteiger partial charge in [0.2, 0.25) is 0 Å². The Bertz CT molecular complexity index is 637. The minimum absolute atomic E-state index is 0.191. The van der Waals surface area contributed by atoms with Gasteiger partial charge in [-0.15, -0.1) is 0 Å². The van der Waals surface area contributed by atoms with Gasteiger partial charge in [0, 0.05) is 29.1 Å². The van der Waals surface area contributed by atoms with Gasteiger partial charge in [-0.2, -0.15) is 0 Å². The minimum Gasteiger partial charge on any atom is -0.329 e. The average molecular weight is 282 g/mol. The Balaban J connectivity index is 2.06. The van der Waals surface area contributed by atoms with Crippen LogP contribution in [0, 0.1) is 5.41 Å². The predicted octanol–water partition coefficient (Wildman–Crippen LogP) is 3.72. The van der Waals surface area contributed by atoms with Crippen molar-refractivity contribution in [2.24, 2.45) is 11.1 Å². The summed E-state index contributed by atoms with van der Waals surface area (Å²) in [6.07, 6.45) is 8.19. The van der Waals surface area contributed by atoms with Gasteiger partial charge in [-0.1, -0.05) is 43.9 Å². The number of rotatable bonds is 3. The Morgan fingerprint density at radius 2 is 1.81 bits per heavy atom. The minimum atomic E-state index is -0.387. The standard InChI is InChI=1S/C18H22N2O/c19-13-18(10-3-1-2-4-11-18)17(21)15-9-5-7-14-8-6-12-20-16(14)15/h5-9,12H,1-4,10-11,13,19H2. The number of nitrogens with two attached hydrogens (primary N) is 1. The molecule has 1 heterocycles. The summed E-state index contributed by atoms with van der Waals surface area (Å²) < 4.78 is 0. The molecule has 0 spiro atoms. The van der Waals surface area contributed by atoms with Crippen LogP contribution in [0.25, 0.3) is 10.9 Å². The number of fused-ring (bicyclic) bond motifs is 1. The quantitative estimate of drug-likeness (QED) is 0.689. The first kappa shape index (κ1) is 14.2. The second kappa shape index (κ2) is 5.94. The molecule has 21 heavy (non-hydrogen) atoms. The van der Waals surface area contributed by atoms with Crippen LogP contribution in [-0.2, 0) is 0 Å². The van der Waals surface area contributed by atoms with Crippen molar-refractivity contribution in [2.75, 3.05) is 6.54 Å². The third-order valence-corrected chi connectivity index (χ3v) is 4.81. The highest BCUT2D eigenvalue weighted by Gasteiger charge is 2.38. The molecule has 0 saturated heterocycles. The van der Waals surface area contributed by atoms with Gasteiger partial charge in [-0.3, -0.25) is 9.78 Å². The molecule has 110 valence electrons. The van der Waals surface area contributed by atoms with Gasteiger partial charge in [-0.25, -0.2) is 0 Å². The van der Waals surface area contributed by atoms with Gasteiger partial charge >= 0.3 is 0 Å². The smallest absolute Gasteiger partial charge is 0.172 e. The summed E-state index contributed by atoms with van der Waals surface area (Å²) in [4.78, 5) is 17.6. The van der Waals surface area contributed by atoms with E-state index in [1.54, 1.807) is 6.20 Å². The molecule has 0 radical (unpaired) electrons. The summed E-state index contributed by atoms with van der Waals surface area (Å²) in [5, 5.41) is 1.02. The number of Topliss-reactive ketones (excluding diaryl/α,β-unsaturated/α-hetero) is 1. The summed E-state index contributed by atoms with van der Waals surface area (Å²) in [5.74, 6) is 0.191. The van der Waals surface area contributed by atoms with Crippen LogP contribution in [0.4, 0.5) is 0 Å². The van der Waals surface area contributed by atoms with Crippen LogP contribution in [0.15, 0.2) is 36.5 Å². The highest BCUT2D eigenvalue weighted by molar-refractivity contribution is 6.09. The Morgan fingerprint density at radius 3 is 2.52 bits per heavy atom. The number of para-hydroxylation sites is 1. The lowest BCUT2D eigenvalue weighted by Gasteiger charge is -2.30. The molecule has 0 amide bonds. The first-order chi connectivity index (χ1) is 10.3. The van der Waals surface area contributed by atoms with Crippen molar-refractivity contribution in [3.8, 4) is 0 Å². The fourth-order valence-electron chi connectivity index (χ4n) is 3.50. The fraction of sp³-hybridized carbons (Fsp3) is 0.444. The van der Waals surface area contributed by atoms with E-state index >= 15 is 0 Å². The maximum atomic E-state index is 13.2. The van der Waals surface area contributed by atoms with Gasteiger partial charge in [-0.05, 0) is 25.0 Å². The molecule has 1 aliphatic rings. The topological polar surface area (TPSA) is 56.0 Å². The second-order valence-electron chi connectivity index (χ2n) is 6.11. The number of hydrogen-bond acceptors (Lipinski definition) is 3. The zero-order valence-electron chi connectivity index (χ0n) is 12.3. The van der Waals surface area contributed by atoms with Crippen molar-refractivity contribution in [2.45, 2.75) is 38.5 Å². The first-order valence-corrected chi connectivity index (χ1v) is 7.85. The molecule has 1 fully saturated rings. The lowest BCUT2D eigenvalue weighted by molar-refractivity contribution is 0.0776. The fourth-order valence-corrected chi connectivity index (χ4v) is 3.50. The highest BCUT2D eigenvalue weighted by Crippen LogP contribution is 2.38. The van der Waals surface area contributed by atoms with Gasteiger partial charge in [0.25, 0.3) is 0 Å². The molecule has 0 aliphatic heterocycles. The highest BCUT2D eigenvalue weighted by atomic mass is 16.1. The molecular weight excluding hydrogens is 260 g/mol. The Hall–Kier alpha value is -1.74. The number of pyridine rings is 1. The first-order valence-electron chi connectivity index (χ1n) is 7.85. The lowest BCUT2D eigenvalue weighted by Crippen LogP contribution is -2.38. The summed E-state index contributed by atoms with van der Waals surface area (Å²) in [7, 11) is 0. The molecule has 3 heteroatoms. The molecule has 1 aliphatic carbocycles. The monoisotopic (exact) mass is 282 g/mol. The largest absolute Gasteiger partial charge is 0.329 e. The Labute approximate surface area is 125 Å². The van der Waals surface area contributed by atoms with Crippen LogP contribution in [-0.4, -0.2) is 17.3 Å². The van der Waals surface area contributed by atoms with E-state index < -0.39 is 0 Å². The maximum absolute atomic E-state index is 13.2. The third-order valence-electron chi connectivity index (χ3n) is 4.81. The molecule has 1 aromatic heterocycles. The number of nitrogens with zero attached hydrogens (tertiary/aromatic N) is 1. The molecule has 2 N–H and O–H groups in total. The SMILES string of the molecule is NCC1(C(=O)c2cccc3cccnc23)CCCCCC1. The number of carbonyl (C=O) groups is 1. The Kier molecular flexibility index (Phi) is 4.02. The van der Waals surface area contributed by atoms with Gasteiger partial charge in [0.15, 0.2) is 5.78 Å². The maximum Gasteiger partial charge on any atom is 0.172 e. The van der Waals surface area contributed by atoms with Gasteiger partial charge < -0.3 is 5.73 Å². The number of ketones is 1. The molecule has 1 aromatic carbocycles. The Morgan fingerprint density at radius 1 is 1.10 bits per heavy atom. The van der Waals surface area contributed by atoms with Crippen molar-refractivity contribution in [1.29, 1.82) is 0 Å². The molecule has 0 atom stereocenters. The summed E-state index contributed by atoms with van der Waals surface area (Å²) in [5.41, 5.74) is 7.21. The molecule has 0 bridgehead atoms. The van der Waals surface area contributed by atoms with Crippen LogP contribution in [0.1, 0.15) is 48.9 Å². The molecule has 1 saturated carbocycles. The normalized spacial score (nSPS) is 18.3. The lowest BCUT2D eigenvalue weighted by atomic mass is 9.74. The summed E-state index contributed by atoms with van der Waals surface area (Å²) >= 11 is 0. The van der Waals surface area contributed by atoms with E-state index in [2.05, 4.69) is 4.98 Å². The van der Waals surface area contributed by atoms with E-state index in [0.29, 0.717) is 6.54 Å². The zero-order valence-corrected chi connectivity index (χ0v) is 12.3. The second-order valence-corrected chi connectivity index (χ2v) is 6.11. The van der Waals surface area contributed by atoms with E-state index in [1.807, 2.05) is 30.3 Å². The van der Waals surface area contributed by atoms with Crippen molar-refractivity contribution in [1.82, 2.24) is 4.98 Å². The van der Waals surface area contributed by atoms with E-state index in [4.69, 9.17) is 5.73 Å². The average Bonchev–Trinajstić information content (AvgIpc) is 2.80. The molecular formula is C18H22N2O. The van der Waals surface area contributed by atoms with Crippen molar-refractivity contribution >= 4 is 16.7 Å². The van der Waals surface area contributed by atoms with E-state index in [9.17, 15) is 4.79 Å². The van der Waals surface area contributed by atoms with Crippen LogP contribution < -0.4 is 5.73 Å². The third kappa shape index (κ3) is 2.58. The van der Waals surface area contributed by atoms with Crippen LogP contribution in [0.5, 0.6) is 0 Å². The molecule has 3 nitrogen and oxygen atoms in total. The molecule has 0 unspecified atom stereocenters. The molecule has 2 aromatic rings. The number of benzene rings is 1. The van der Waals surface area contributed by atoms with E-state index in [1.165, 1.54) is 12.8 Å². The zero-order chi connectivity index (χ0) is 14.7. The van der Waals surface area contributed by atoms with Crippen molar-refractivity contribution in [3.63, 3.8) is 0 Å². The van der Waals surface area contributed by atoms with Crippen LogP contribution in [0.2, 0.25) is 0 Å². The van der Waals surface area contributed by atoms with Crippen molar-refractivity contribution < 1.29 is 4.79 Å². The van der Waals surface area contributed by atoms with E-state index in [0.717, 1.165) is 42.1 Å². The van der Waals surface area contributed by atoms with Crippen molar-refractivity contribution in [3.05, 3.63) is 42.1 Å². The number of aromatic nitrogens is 1. The number of carbonyl (C=O) groups excluding carboxylic acids is 1. The summed E-state index contributed by atoms with van der Waals surface area (Å²) in [6, 6.07) is 9.75. The van der Waals surface area contributed by atoms with E-state index in [-0.39, 0.29) is 11.2 Å². The van der Waals surface area contributed by atoms with Gasteiger partial charge in [0.1, 0.15) is 0 Å².